The fourth-order valence-electron chi connectivity index (χ4n) is 2.66. The second-order valence-electron chi connectivity index (χ2n) is 5.89. The van der Waals surface area contributed by atoms with Gasteiger partial charge in [0.05, 0.1) is 34.0 Å². The smallest absolute Gasteiger partial charge is 0.240 e. The van der Waals surface area contributed by atoms with Gasteiger partial charge in [-0.3, -0.25) is 4.79 Å². The number of hydrogen-bond donors (Lipinski definition) is 0. The number of nitrogens with zero attached hydrogens (tertiary/aromatic N) is 2. The van der Waals surface area contributed by atoms with Crippen molar-refractivity contribution in [2.45, 2.75) is 28.5 Å². The van der Waals surface area contributed by atoms with Gasteiger partial charge < -0.3 is 4.90 Å². The highest BCUT2D eigenvalue weighted by atomic mass is 32.2. The fourth-order valence-corrected chi connectivity index (χ4v) is 4.34. The molecule has 1 amide bonds. The minimum atomic E-state index is -3.25. The van der Waals surface area contributed by atoms with Gasteiger partial charge in [0.1, 0.15) is 0 Å². The number of carbonyl (C=O) groups excluding carboxylic acids is 1. The Kier molecular flexibility index (Phi) is 4.58. The van der Waals surface area contributed by atoms with E-state index in [1.54, 1.807) is 41.3 Å². The maximum atomic E-state index is 12.6. The molecule has 1 heterocycles. The van der Waals surface area contributed by atoms with Gasteiger partial charge in [0.15, 0.2) is 9.84 Å². The van der Waals surface area contributed by atoms with Crippen molar-refractivity contribution in [3.05, 3.63) is 53.6 Å². The summed E-state index contributed by atoms with van der Waals surface area (Å²) >= 11 is 1.48. The molecule has 7 heteroatoms. The van der Waals surface area contributed by atoms with E-state index in [0.717, 1.165) is 22.4 Å². The first-order valence-electron chi connectivity index (χ1n) is 7.61. The van der Waals surface area contributed by atoms with Crippen LogP contribution in [0.5, 0.6) is 0 Å². The SMILES string of the molecule is CC1Sc2ccc(C#N)cc2N(Cc2ccc(S(C)(=O)=O)cc2)C1=O. The number of fused-ring (bicyclic) bond motifs is 1. The molecule has 2 aromatic carbocycles. The van der Waals surface area contributed by atoms with E-state index in [1.807, 2.05) is 13.0 Å². The first kappa shape index (κ1) is 17.5. The predicted molar refractivity (Wildman–Crippen MR) is 97.2 cm³/mol. The van der Waals surface area contributed by atoms with Crippen LogP contribution < -0.4 is 4.90 Å². The van der Waals surface area contributed by atoms with Crippen molar-refractivity contribution in [3.63, 3.8) is 0 Å². The minimum absolute atomic E-state index is 0.0280. The van der Waals surface area contributed by atoms with E-state index in [9.17, 15) is 13.2 Å². The summed E-state index contributed by atoms with van der Waals surface area (Å²) in [5, 5.41) is 8.91. The van der Waals surface area contributed by atoms with Gasteiger partial charge in [-0.05, 0) is 42.8 Å². The zero-order valence-electron chi connectivity index (χ0n) is 13.8. The highest BCUT2D eigenvalue weighted by molar-refractivity contribution is 8.01. The Morgan fingerprint density at radius 2 is 1.88 bits per heavy atom. The number of benzene rings is 2. The van der Waals surface area contributed by atoms with E-state index in [0.29, 0.717) is 12.1 Å². The minimum Gasteiger partial charge on any atom is -0.306 e. The Morgan fingerprint density at radius 3 is 2.48 bits per heavy atom. The molecular formula is C18H16N2O3S2. The Hall–Kier alpha value is -2.30. The summed E-state index contributed by atoms with van der Waals surface area (Å²) in [7, 11) is -3.25. The zero-order chi connectivity index (χ0) is 18.2. The molecule has 0 saturated heterocycles. The molecule has 0 saturated carbocycles. The van der Waals surface area contributed by atoms with E-state index < -0.39 is 9.84 Å². The fraction of sp³-hybridized carbons (Fsp3) is 0.222. The summed E-state index contributed by atoms with van der Waals surface area (Å²) in [6, 6.07) is 13.9. The molecule has 1 aliphatic rings. The number of nitriles is 1. The topological polar surface area (TPSA) is 78.2 Å². The summed E-state index contributed by atoms with van der Waals surface area (Å²) in [6.07, 6.45) is 1.16. The number of carbonyl (C=O) groups is 1. The van der Waals surface area contributed by atoms with Crippen LogP contribution in [0.1, 0.15) is 18.1 Å². The van der Waals surface area contributed by atoms with Crippen molar-refractivity contribution in [2.75, 3.05) is 11.2 Å². The van der Waals surface area contributed by atoms with Gasteiger partial charge in [0.2, 0.25) is 5.91 Å². The number of thioether (sulfide) groups is 1. The zero-order valence-corrected chi connectivity index (χ0v) is 15.4. The second kappa shape index (κ2) is 6.54. The molecule has 0 radical (unpaired) electrons. The van der Waals surface area contributed by atoms with Gasteiger partial charge in [-0.25, -0.2) is 8.42 Å². The molecule has 0 spiro atoms. The maximum absolute atomic E-state index is 12.6. The summed E-state index contributed by atoms with van der Waals surface area (Å²) < 4.78 is 23.1. The van der Waals surface area contributed by atoms with E-state index in [-0.39, 0.29) is 16.1 Å². The van der Waals surface area contributed by atoms with Crippen molar-refractivity contribution in [3.8, 4) is 6.07 Å². The number of amides is 1. The Labute approximate surface area is 151 Å². The molecule has 25 heavy (non-hydrogen) atoms. The molecule has 3 rings (SSSR count). The summed E-state index contributed by atoms with van der Waals surface area (Å²) in [4.78, 5) is 15.5. The third kappa shape index (κ3) is 3.55. The third-order valence-electron chi connectivity index (χ3n) is 3.99. The molecule has 0 N–H and O–H groups in total. The lowest BCUT2D eigenvalue weighted by atomic mass is 10.1. The van der Waals surface area contributed by atoms with Crippen LogP contribution in [0.15, 0.2) is 52.3 Å². The van der Waals surface area contributed by atoms with Gasteiger partial charge in [-0.1, -0.05) is 12.1 Å². The van der Waals surface area contributed by atoms with Crippen LogP contribution >= 0.6 is 11.8 Å². The van der Waals surface area contributed by atoms with Crippen LogP contribution in [-0.2, 0) is 21.2 Å². The lowest BCUT2D eigenvalue weighted by Gasteiger charge is -2.32. The van der Waals surface area contributed by atoms with E-state index in [4.69, 9.17) is 5.26 Å². The van der Waals surface area contributed by atoms with Crippen molar-refractivity contribution >= 4 is 33.2 Å². The molecule has 2 aromatic rings. The van der Waals surface area contributed by atoms with Crippen LogP contribution in [0.25, 0.3) is 0 Å². The van der Waals surface area contributed by atoms with Crippen LogP contribution in [-0.4, -0.2) is 25.8 Å². The molecule has 0 aromatic heterocycles. The standard InChI is InChI=1S/C18H16N2O3S2/c1-12-18(21)20(16-9-14(10-19)5-8-17(16)24-12)11-13-3-6-15(7-4-13)25(2,22)23/h3-9,12H,11H2,1-2H3. The van der Waals surface area contributed by atoms with Gasteiger partial charge in [-0.2, -0.15) is 5.26 Å². The number of rotatable bonds is 3. The largest absolute Gasteiger partial charge is 0.306 e. The highest BCUT2D eigenvalue weighted by Crippen LogP contribution is 2.40. The Balaban J connectivity index is 1.96. The van der Waals surface area contributed by atoms with Crippen molar-refractivity contribution in [1.29, 1.82) is 5.26 Å². The van der Waals surface area contributed by atoms with Gasteiger partial charge in [0.25, 0.3) is 0 Å². The number of hydrogen-bond acceptors (Lipinski definition) is 5. The summed E-state index contributed by atoms with van der Waals surface area (Å²) in [5.74, 6) is -0.0280. The quantitative estimate of drug-likeness (QED) is 0.828. The molecule has 1 unspecified atom stereocenters. The maximum Gasteiger partial charge on any atom is 0.240 e. The first-order chi connectivity index (χ1) is 11.8. The molecular weight excluding hydrogens is 356 g/mol. The molecule has 0 fully saturated rings. The Bertz CT molecular complexity index is 976. The third-order valence-corrected chi connectivity index (χ3v) is 6.27. The van der Waals surface area contributed by atoms with Gasteiger partial charge >= 0.3 is 0 Å². The van der Waals surface area contributed by atoms with E-state index in [2.05, 4.69) is 6.07 Å². The monoisotopic (exact) mass is 372 g/mol. The molecule has 0 aliphatic carbocycles. The average Bonchev–Trinajstić information content (AvgIpc) is 2.58. The van der Waals surface area contributed by atoms with Crippen LogP contribution in [0.3, 0.4) is 0 Å². The van der Waals surface area contributed by atoms with Crippen molar-refractivity contribution in [2.24, 2.45) is 0 Å². The predicted octanol–water partition coefficient (Wildman–Crippen LogP) is 2.99. The molecule has 128 valence electrons. The molecule has 5 nitrogen and oxygen atoms in total. The van der Waals surface area contributed by atoms with Crippen LogP contribution in [0.4, 0.5) is 5.69 Å². The van der Waals surface area contributed by atoms with Crippen LogP contribution in [0, 0.1) is 11.3 Å². The summed E-state index contributed by atoms with van der Waals surface area (Å²) in [6.45, 7) is 2.18. The van der Waals surface area contributed by atoms with E-state index >= 15 is 0 Å². The van der Waals surface area contributed by atoms with Gasteiger partial charge in [0, 0.05) is 11.2 Å². The van der Waals surface area contributed by atoms with Crippen molar-refractivity contribution < 1.29 is 13.2 Å². The molecule has 1 atom stereocenters. The molecule has 0 bridgehead atoms. The molecule has 1 aliphatic heterocycles. The normalized spacial score (nSPS) is 17.1. The Morgan fingerprint density at radius 1 is 1.20 bits per heavy atom. The summed E-state index contributed by atoms with van der Waals surface area (Å²) in [5.41, 5.74) is 2.05. The lowest BCUT2D eigenvalue weighted by molar-refractivity contribution is -0.118. The second-order valence-corrected chi connectivity index (χ2v) is 9.29. The van der Waals surface area contributed by atoms with E-state index in [1.165, 1.54) is 11.8 Å². The number of sulfone groups is 1. The van der Waals surface area contributed by atoms with Gasteiger partial charge in [-0.15, -0.1) is 11.8 Å². The average molecular weight is 372 g/mol. The lowest BCUT2D eigenvalue weighted by Crippen LogP contribution is -2.39. The van der Waals surface area contributed by atoms with Crippen molar-refractivity contribution in [1.82, 2.24) is 0 Å². The number of anilines is 1. The van der Waals surface area contributed by atoms with Crippen LogP contribution in [0.2, 0.25) is 0 Å². The highest BCUT2D eigenvalue weighted by Gasteiger charge is 2.31. The first-order valence-corrected chi connectivity index (χ1v) is 10.4.